The molecule has 0 aliphatic heterocycles. The molecular weight excluding hydrogens is 401 g/mol. The van der Waals surface area contributed by atoms with E-state index in [0.717, 1.165) is 12.2 Å². The molecule has 3 aromatic rings. The highest BCUT2D eigenvalue weighted by molar-refractivity contribution is 7.99. The molecular formula is C16H15Cl2N3O2S2. The van der Waals surface area contributed by atoms with Crippen LogP contribution in [0.25, 0.3) is 0 Å². The molecule has 2 aromatic heterocycles. The van der Waals surface area contributed by atoms with Gasteiger partial charge >= 0.3 is 0 Å². The molecule has 0 saturated carbocycles. The Kier molecular flexibility index (Phi) is 6.61. The fourth-order valence-corrected chi connectivity index (χ4v) is 3.89. The third-order valence-corrected chi connectivity index (χ3v) is 5.56. The van der Waals surface area contributed by atoms with Crippen LogP contribution in [0.3, 0.4) is 0 Å². The van der Waals surface area contributed by atoms with Gasteiger partial charge in [-0.3, -0.25) is 5.10 Å². The van der Waals surface area contributed by atoms with Crippen LogP contribution in [0.2, 0.25) is 10.0 Å². The highest BCUT2D eigenvalue weighted by Crippen LogP contribution is 2.27. The van der Waals surface area contributed by atoms with Crippen LogP contribution in [-0.4, -0.2) is 38.8 Å². The van der Waals surface area contributed by atoms with Crippen molar-refractivity contribution in [2.24, 2.45) is 0 Å². The van der Waals surface area contributed by atoms with Crippen LogP contribution in [0.4, 0.5) is 0 Å². The third kappa shape index (κ3) is 5.62. The Balaban J connectivity index is 1.44. The topological polar surface area (TPSA) is 71.0 Å². The number of rotatable bonds is 8. The fraction of sp³-hybridized carbons (Fsp3) is 0.250. The molecule has 132 valence electrons. The van der Waals surface area contributed by atoms with Crippen LogP contribution in [0.5, 0.6) is 5.75 Å². The zero-order valence-electron chi connectivity index (χ0n) is 13.0. The summed E-state index contributed by atoms with van der Waals surface area (Å²) in [4.78, 5) is 5.64. The number of ether oxygens (including phenoxy) is 1. The standard InChI is InChI=1S/C16H15Cl2N3O2S2/c17-10-3-4-14(13(18)6-10)23-8-11(22)9-25-16-19-15(20-21-16)7-12-2-1-5-24-12/h1-6,11,22H,7-9H2,(H,19,20,21). The zero-order valence-corrected chi connectivity index (χ0v) is 16.1. The number of aliphatic hydroxyl groups excluding tert-OH is 1. The Morgan fingerprint density at radius 2 is 2.20 bits per heavy atom. The van der Waals surface area contributed by atoms with Crippen LogP contribution in [0, 0.1) is 0 Å². The van der Waals surface area contributed by atoms with Gasteiger partial charge < -0.3 is 9.84 Å². The molecule has 0 radical (unpaired) electrons. The molecule has 0 aliphatic carbocycles. The summed E-state index contributed by atoms with van der Waals surface area (Å²) in [7, 11) is 0. The normalized spacial score (nSPS) is 12.3. The van der Waals surface area contributed by atoms with Crippen LogP contribution in [-0.2, 0) is 6.42 Å². The highest BCUT2D eigenvalue weighted by Gasteiger charge is 2.11. The van der Waals surface area contributed by atoms with Gasteiger partial charge in [0.1, 0.15) is 18.2 Å². The monoisotopic (exact) mass is 415 g/mol. The van der Waals surface area contributed by atoms with Crippen LogP contribution in [0.15, 0.2) is 40.9 Å². The lowest BCUT2D eigenvalue weighted by molar-refractivity contribution is 0.126. The molecule has 5 nitrogen and oxygen atoms in total. The minimum Gasteiger partial charge on any atom is -0.489 e. The summed E-state index contributed by atoms with van der Waals surface area (Å²) in [5.41, 5.74) is 0. The number of nitrogens with zero attached hydrogens (tertiary/aromatic N) is 2. The van der Waals surface area contributed by atoms with E-state index in [4.69, 9.17) is 27.9 Å². The summed E-state index contributed by atoms with van der Waals surface area (Å²) >= 11 is 14.9. The average Bonchev–Trinajstić information content (AvgIpc) is 3.24. The van der Waals surface area contributed by atoms with Crippen LogP contribution >= 0.6 is 46.3 Å². The third-order valence-electron chi connectivity index (χ3n) is 3.16. The molecule has 0 aliphatic rings. The highest BCUT2D eigenvalue weighted by atomic mass is 35.5. The van der Waals surface area contributed by atoms with E-state index in [1.54, 1.807) is 29.5 Å². The van der Waals surface area contributed by atoms with Gasteiger partial charge in [-0.25, -0.2) is 4.98 Å². The predicted octanol–water partition coefficient (Wildman–Crippen LogP) is 4.30. The minimum atomic E-state index is -0.670. The molecule has 1 aromatic carbocycles. The van der Waals surface area contributed by atoms with Gasteiger partial charge in [-0.2, -0.15) is 0 Å². The van der Waals surface area contributed by atoms with E-state index >= 15 is 0 Å². The molecule has 0 amide bonds. The first kappa shape index (κ1) is 18.5. The van der Waals surface area contributed by atoms with E-state index in [1.807, 2.05) is 11.4 Å². The maximum atomic E-state index is 10.1. The Hall–Kier alpha value is -1.25. The Morgan fingerprint density at radius 3 is 2.96 bits per heavy atom. The Bertz CT molecular complexity index is 812. The maximum Gasteiger partial charge on any atom is 0.208 e. The number of nitrogens with one attached hydrogen (secondary N) is 1. The van der Waals surface area contributed by atoms with Crippen molar-refractivity contribution >= 4 is 46.3 Å². The van der Waals surface area contributed by atoms with Crippen molar-refractivity contribution in [2.45, 2.75) is 17.7 Å². The van der Waals surface area contributed by atoms with Crippen molar-refractivity contribution in [3.8, 4) is 5.75 Å². The van der Waals surface area contributed by atoms with Gasteiger partial charge in [-0.15, -0.1) is 16.4 Å². The molecule has 0 bridgehead atoms. The zero-order chi connectivity index (χ0) is 17.6. The summed E-state index contributed by atoms with van der Waals surface area (Å²) in [6, 6.07) is 9.03. The molecule has 0 fully saturated rings. The smallest absolute Gasteiger partial charge is 0.208 e. The number of aromatic nitrogens is 3. The van der Waals surface area contributed by atoms with Crippen molar-refractivity contribution in [3.63, 3.8) is 0 Å². The predicted molar refractivity (Wildman–Crippen MR) is 102 cm³/mol. The Labute approximate surface area is 163 Å². The van der Waals surface area contributed by atoms with Crippen molar-refractivity contribution in [2.75, 3.05) is 12.4 Å². The number of hydrogen-bond donors (Lipinski definition) is 2. The average molecular weight is 416 g/mol. The van der Waals surface area contributed by atoms with E-state index < -0.39 is 6.10 Å². The van der Waals surface area contributed by atoms with E-state index in [-0.39, 0.29) is 6.61 Å². The van der Waals surface area contributed by atoms with Gasteiger partial charge in [-0.1, -0.05) is 41.0 Å². The number of benzene rings is 1. The van der Waals surface area contributed by atoms with Crippen molar-refractivity contribution in [3.05, 3.63) is 56.5 Å². The molecule has 25 heavy (non-hydrogen) atoms. The lowest BCUT2D eigenvalue weighted by Crippen LogP contribution is -2.20. The number of aromatic amines is 1. The second kappa shape index (κ2) is 8.91. The first-order valence-electron chi connectivity index (χ1n) is 7.42. The first-order valence-corrected chi connectivity index (χ1v) is 10.0. The number of H-pyrrole nitrogens is 1. The number of aliphatic hydroxyl groups is 1. The van der Waals surface area contributed by atoms with Crippen LogP contribution < -0.4 is 4.74 Å². The van der Waals surface area contributed by atoms with Gasteiger partial charge in [0.25, 0.3) is 0 Å². The first-order chi connectivity index (χ1) is 12.1. The number of thioether (sulfide) groups is 1. The van der Waals surface area contributed by atoms with E-state index in [9.17, 15) is 5.11 Å². The maximum absolute atomic E-state index is 10.1. The second-order valence-corrected chi connectivity index (χ2v) is 8.03. The van der Waals surface area contributed by atoms with E-state index in [1.165, 1.54) is 16.6 Å². The van der Waals surface area contributed by atoms with Gasteiger partial charge in [0, 0.05) is 22.1 Å². The Morgan fingerprint density at radius 1 is 1.32 bits per heavy atom. The molecule has 9 heteroatoms. The molecule has 1 unspecified atom stereocenters. The van der Waals surface area contributed by atoms with Gasteiger partial charge in [0.2, 0.25) is 5.16 Å². The summed E-state index contributed by atoms with van der Waals surface area (Å²) in [6.45, 7) is 0.126. The molecule has 0 saturated heterocycles. The lowest BCUT2D eigenvalue weighted by Gasteiger charge is -2.12. The van der Waals surface area contributed by atoms with Gasteiger partial charge in [0.05, 0.1) is 11.1 Å². The quantitative estimate of drug-likeness (QED) is 0.536. The number of thiophene rings is 1. The minimum absolute atomic E-state index is 0.126. The molecule has 2 heterocycles. The molecule has 0 spiro atoms. The second-order valence-electron chi connectivity index (χ2n) is 5.17. The van der Waals surface area contributed by atoms with E-state index in [2.05, 4.69) is 21.2 Å². The number of halogens is 2. The SMILES string of the molecule is OC(COc1ccc(Cl)cc1Cl)CSc1n[nH]c(Cc2cccs2)n1. The summed E-state index contributed by atoms with van der Waals surface area (Å²) in [6.07, 6.45) is 0.0578. The lowest BCUT2D eigenvalue weighted by atomic mass is 10.3. The largest absolute Gasteiger partial charge is 0.489 e. The van der Waals surface area contributed by atoms with Crippen molar-refractivity contribution < 1.29 is 9.84 Å². The van der Waals surface area contributed by atoms with Gasteiger partial charge in [0.15, 0.2) is 0 Å². The molecule has 1 atom stereocenters. The summed E-state index contributed by atoms with van der Waals surface area (Å²) in [5.74, 6) is 1.72. The van der Waals surface area contributed by atoms with Crippen molar-refractivity contribution in [1.29, 1.82) is 0 Å². The van der Waals surface area contributed by atoms with E-state index in [0.29, 0.717) is 26.7 Å². The van der Waals surface area contributed by atoms with Crippen LogP contribution in [0.1, 0.15) is 10.7 Å². The van der Waals surface area contributed by atoms with Crippen molar-refractivity contribution in [1.82, 2.24) is 15.2 Å². The van der Waals surface area contributed by atoms with Gasteiger partial charge in [-0.05, 0) is 29.6 Å². The molecule has 3 rings (SSSR count). The molecule has 2 N–H and O–H groups in total. The summed E-state index contributed by atoms with van der Waals surface area (Å²) in [5, 5.41) is 20.7. The fourth-order valence-electron chi connectivity index (χ4n) is 2.00. The number of hydrogen-bond acceptors (Lipinski definition) is 6. The summed E-state index contributed by atoms with van der Waals surface area (Å²) < 4.78 is 5.52.